The lowest BCUT2D eigenvalue weighted by Crippen LogP contribution is -2.03. The third-order valence-corrected chi connectivity index (χ3v) is 4.18. The van der Waals surface area contributed by atoms with Crippen molar-refractivity contribution < 1.29 is 5.11 Å². The fourth-order valence-electron chi connectivity index (χ4n) is 2.14. The van der Waals surface area contributed by atoms with E-state index in [-0.39, 0.29) is 0 Å². The predicted molar refractivity (Wildman–Crippen MR) is 77.3 cm³/mol. The second kappa shape index (κ2) is 5.07. The Morgan fingerprint density at radius 3 is 2.84 bits per heavy atom. The molecule has 0 bridgehead atoms. The van der Waals surface area contributed by atoms with Gasteiger partial charge in [0.1, 0.15) is 0 Å². The molecule has 2 aromatic heterocycles. The van der Waals surface area contributed by atoms with E-state index < -0.39 is 6.10 Å². The predicted octanol–water partition coefficient (Wildman–Crippen LogP) is 3.28. The molecule has 0 aliphatic rings. The lowest BCUT2D eigenvalue weighted by molar-refractivity contribution is 0.180. The zero-order chi connectivity index (χ0) is 13.2. The van der Waals surface area contributed by atoms with Crippen LogP contribution in [0, 0.1) is 6.92 Å². The number of hydrogen-bond donors (Lipinski definition) is 1. The summed E-state index contributed by atoms with van der Waals surface area (Å²) in [6.07, 6.45) is -0.00501. The molecule has 3 aromatic rings. The van der Waals surface area contributed by atoms with Crippen molar-refractivity contribution in [3.63, 3.8) is 0 Å². The number of aliphatic hydroxyl groups excluding tert-OH is 1. The van der Waals surface area contributed by atoms with Gasteiger partial charge in [0.2, 0.25) is 0 Å². The summed E-state index contributed by atoms with van der Waals surface area (Å²) in [5, 5.41) is 11.4. The fourth-order valence-corrected chi connectivity index (χ4v) is 2.93. The zero-order valence-electron chi connectivity index (χ0n) is 10.6. The monoisotopic (exact) mass is 270 g/mol. The summed E-state index contributed by atoms with van der Waals surface area (Å²) in [5.74, 6) is 0. The van der Waals surface area contributed by atoms with Gasteiger partial charge < -0.3 is 5.11 Å². The molecular weight excluding hydrogens is 256 g/mol. The molecule has 1 atom stereocenters. The summed E-state index contributed by atoms with van der Waals surface area (Å²) >= 11 is 1.49. The molecule has 0 saturated carbocycles. The molecule has 0 saturated heterocycles. The van der Waals surface area contributed by atoms with Gasteiger partial charge in [-0.3, -0.25) is 4.98 Å². The van der Waals surface area contributed by atoms with Crippen LogP contribution in [0.1, 0.15) is 22.4 Å². The van der Waals surface area contributed by atoms with Crippen molar-refractivity contribution in [2.24, 2.45) is 0 Å². The minimum Gasteiger partial charge on any atom is -0.387 e. The molecular formula is C15H14N2OS. The molecule has 3 rings (SSSR count). The van der Waals surface area contributed by atoms with Crippen molar-refractivity contribution in [3.8, 4) is 0 Å². The number of nitrogens with zero attached hydrogens (tertiary/aromatic N) is 2. The molecule has 0 spiro atoms. The van der Waals surface area contributed by atoms with Crippen molar-refractivity contribution in [2.75, 3.05) is 0 Å². The van der Waals surface area contributed by atoms with Gasteiger partial charge in [-0.15, -0.1) is 11.3 Å². The van der Waals surface area contributed by atoms with Crippen LogP contribution < -0.4 is 0 Å². The van der Waals surface area contributed by atoms with Crippen LogP contribution in [-0.4, -0.2) is 15.1 Å². The van der Waals surface area contributed by atoms with E-state index in [0.29, 0.717) is 6.42 Å². The van der Waals surface area contributed by atoms with Gasteiger partial charge in [0.25, 0.3) is 0 Å². The number of aliphatic hydroxyl groups is 1. The molecule has 1 unspecified atom stereocenters. The molecule has 0 radical (unpaired) electrons. The standard InChI is InChI=1S/C15H14N2OS/c1-10-15(19-9-16-10)14(18)8-12-7-6-11-4-2-3-5-13(11)17-12/h2-7,9,14,18H,8H2,1H3. The Morgan fingerprint density at radius 2 is 2.05 bits per heavy atom. The van der Waals surface area contributed by atoms with E-state index in [9.17, 15) is 5.11 Å². The SMILES string of the molecule is Cc1ncsc1C(O)Cc1ccc2ccccc2n1. The molecule has 0 aliphatic heterocycles. The molecule has 2 heterocycles. The Kier molecular flexibility index (Phi) is 3.27. The van der Waals surface area contributed by atoms with Gasteiger partial charge >= 0.3 is 0 Å². The molecule has 1 aromatic carbocycles. The van der Waals surface area contributed by atoms with E-state index in [4.69, 9.17) is 0 Å². The largest absolute Gasteiger partial charge is 0.387 e. The quantitative estimate of drug-likeness (QED) is 0.794. The average Bonchev–Trinajstić information content (AvgIpc) is 2.85. The van der Waals surface area contributed by atoms with Crippen LogP contribution in [0.3, 0.4) is 0 Å². The highest BCUT2D eigenvalue weighted by Gasteiger charge is 2.14. The maximum Gasteiger partial charge on any atom is 0.0956 e. The van der Waals surface area contributed by atoms with Crippen molar-refractivity contribution >= 4 is 22.2 Å². The van der Waals surface area contributed by atoms with Crippen molar-refractivity contribution in [1.29, 1.82) is 0 Å². The Bertz CT molecular complexity index is 708. The smallest absolute Gasteiger partial charge is 0.0956 e. The maximum absolute atomic E-state index is 10.2. The Labute approximate surface area is 115 Å². The summed E-state index contributed by atoms with van der Waals surface area (Å²) < 4.78 is 0. The van der Waals surface area contributed by atoms with Gasteiger partial charge in [0.05, 0.1) is 27.7 Å². The van der Waals surface area contributed by atoms with Crippen LogP contribution >= 0.6 is 11.3 Å². The minimum absolute atomic E-state index is 0.522. The third kappa shape index (κ3) is 2.50. The van der Waals surface area contributed by atoms with Crippen LogP contribution in [-0.2, 0) is 6.42 Å². The number of fused-ring (bicyclic) bond motifs is 1. The fraction of sp³-hybridized carbons (Fsp3) is 0.200. The second-order valence-electron chi connectivity index (χ2n) is 4.52. The second-order valence-corrected chi connectivity index (χ2v) is 5.40. The first-order chi connectivity index (χ1) is 9.24. The highest BCUT2D eigenvalue weighted by molar-refractivity contribution is 7.09. The molecule has 96 valence electrons. The van der Waals surface area contributed by atoms with E-state index in [0.717, 1.165) is 27.2 Å². The zero-order valence-corrected chi connectivity index (χ0v) is 11.4. The Hall–Kier alpha value is -1.78. The molecule has 1 N–H and O–H groups in total. The number of rotatable bonds is 3. The molecule has 19 heavy (non-hydrogen) atoms. The van der Waals surface area contributed by atoms with Gasteiger partial charge in [-0.05, 0) is 19.1 Å². The number of pyridine rings is 1. The summed E-state index contributed by atoms with van der Waals surface area (Å²) in [5.41, 5.74) is 4.53. The maximum atomic E-state index is 10.2. The average molecular weight is 270 g/mol. The number of hydrogen-bond acceptors (Lipinski definition) is 4. The lowest BCUT2D eigenvalue weighted by atomic mass is 10.1. The van der Waals surface area contributed by atoms with E-state index in [2.05, 4.69) is 9.97 Å². The van der Waals surface area contributed by atoms with E-state index in [1.54, 1.807) is 5.51 Å². The summed E-state index contributed by atoms with van der Waals surface area (Å²) in [6.45, 7) is 1.92. The highest BCUT2D eigenvalue weighted by atomic mass is 32.1. The summed E-state index contributed by atoms with van der Waals surface area (Å²) in [6, 6.07) is 12.0. The number of aromatic nitrogens is 2. The van der Waals surface area contributed by atoms with Crippen LogP contribution in [0.5, 0.6) is 0 Å². The Balaban J connectivity index is 1.87. The van der Waals surface area contributed by atoms with Gasteiger partial charge in [-0.25, -0.2) is 4.98 Å². The number of para-hydroxylation sites is 1. The van der Waals surface area contributed by atoms with Crippen LogP contribution in [0.2, 0.25) is 0 Å². The van der Waals surface area contributed by atoms with Gasteiger partial charge in [0.15, 0.2) is 0 Å². The number of aryl methyl sites for hydroxylation is 1. The van der Waals surface area contributed by atoms with Crippen molar-refractivity contribution in [1.82, 2.24) is 9.97 Å². The van der Waals surface area contributed by atoms with Crippen LogP contribution in [0.4, 0.5) is 0 Å². The third-order valence-electron chi connectivity index (χ3n) is 3.14. The molecule has 0 fully saturated rings. The highest BCUT2D eigenvalue weighted by Crippen LogP contribution is 2.25. The van der Waals surface area contributed by atoms with Gasteiger partial charge in [-0.2, -0.15) is 0 Å². The first-order valence-corrected chi connectivity index (χ1v) is 7.05. The molecule has 0 aliphatic carbocycles. The molecule has 3 nitrogen and oxygen atoms in total. The van der Waals surface area contributed by atoms with Crippen LogP contribution in [0.15, 0.2) is 41.9 Å². The minimum atomic E-state index is -0.527. The topological polar surface area (TPSA) is 46.0 Å². The molecule has 4 heteroatoms. The normalized spacial score (nSPS) is 12.7. The van der Waals surface area contributed by atoms with Crippen molar-refractivity contribution in [3.05, 3.63) is 58.2 Å². The first kappa shape index (κ1) is 12.3. The van der Waals surface area contributed by atoms with Crippen LogP contribution in [0.25, 0.3) is 10.9 Å². The number of benzene rings is 1. The van der Waals surface area contributed by atoms with E-state index in [1.807, 2.05) is 43.3 Å². The van der Waals surface area contributed by atoms with Gasteiger partial charge in [-0.1, -0.05) is 24.3 Å². The Morgan fingerprint density at radius 1 is 1.21 bits per heavy atom. The summed E-state index contributed by atoms with van der Waals surface area (Å²) in [4.78, 5) is 9.67. The van der Waals surface area contributed by atoms with E-state index >= 15 is 0 Å². The van der Waals surface area contributed by atoms with E-state index in [1.165, 1.54) is 11.3 Å². The number of thiazole rings is 1. The van der Waals surface area contributed by atoms with Crippen molar-refractivity contribution in [2.45, 2.75) is 19.4 Å². The van der Waals surface area contributed by atoms with Gasteiger partial charge in [0, 0.05) is 17.5 Å². The summed E-state index contributed by atoms with van der Waals surface area (Å²) in [7, 11) is 0. The first-order valence-electron chi connectivity index (χ1n) is 6.17. The lowest BCUT2D eigenvalue weighted by Gasteiger charge is -2.09. The molecule has 0 amide bonds.